The molecule has 0 bridgehead atoms. The van der Waals surface area contributed by atoms with Crippen molar-refractivity contribution in [2.24, 2.45) is 0 Å². The van der Waals surface area contributed by atoms with E-state index in [1.807, 2.05) is 48.5 Å². The summed E-state index contributed by atoms with van der Waals surface area (Å²) in [5.41, 5.74) is 1.83. The molecule has 0 spiro atoms. The maximum absolute atomic E-state index is 12.0. The van der Waals surface area contributed by atoms with Crippen LogP contribution in [0.4, 0.5) is 5.69 Å². The van der Waals surface area contributed by atoms with Crippen molar-refractivity contribution in [2.75, 3.05) is 25.0 Å². The van der Waals surface area contributed by atoms with E-state index in [1.165, 1.54) is 0 Å². The van der Waals surface area contributed by atoms with Crippen molar-refractivity contribution < 1.29 is 9.53 Å². The van der Waals surface area contributed by atoms with Crippen LogP contribution in [-0.2, 0) is 11.4 Å². The Hall–Kier alpha value is -2.04. The molecule has 0 radical (unpaired) electrons. The van der Waals surface area contributed by atoms with E-state index in [0.717, 1.165) is 36.6 Å². The second-order valence-electron chi connectivity index (χ2n) is 5.76. The molecule has 0 atom stereocenters. The maximum atomic E-state index is 12.0. The van der Waals surface area contributed by atoms with Crippen molar-refractivity contribution in [3.05, 3.63) is 59.1 Å². The first-order valence-corrected chi connectivity index (χ1v) is 8.98. The zero-order valence-electron chi connectivity index (χ0n) is 14.8. The number of anilines is 1. The lowest BCUT2D eigenvalue weighted by Crippen LogP contribution is -2.27. The number of halogens is 1. The minimum Gasteiger partial charge on any atom is -0.489 e. The first-order valence-electron chi connectivity index (χ1n) is 8.60. The number of hydrogen-bond donors (Lipinski definition) is 1. The number of benzene rings is 2. The second-order valence-corrected chi connectivity index (χ2v) is 6.20. The first-order chi connectivity index (χ1) is 12.1. The molecule has 2 aromatic carbocycles. The van der Waals surface area contributed by atoms with Gasteiger partial charge in [-0.2, -0.15) is 0 Å². The van der Waals surface area contributed by atoms with Crippen LogP contribution in [0.25, 0.3) is 0 Å². The first kappa shape index (κ1) is 19.3. The Morgan fingerprint density at radius 2 is 1.68 bits per heavy atom. The van der Waals surface area contributed by atoms with Crippen LogP contribution in [0.3, 0.4) is 0 Å². The smallest absolute Gasteiger partial charge is 0.225 e. The van der Waals surface area contributed by atoms with Gasteiger partial charge < -0.3 is 15.0 Å². The maximum Gasteiger partial charge on any atom is 0.225 e. The van der Waals surface area contributed by atoms with Crippen LogP contribution in [0.1, 0.15) is 25.8 Å². The number of hydrogen-bond acceptors (Lipinski definition) is 3. The lowest BCUT2D eigenvalue weighted by molar-refractivity contribution is -0.116. The molecule has 1 N–H and O–H groups in total. The number of carbonyl (C=O) groups excluding carboxylic acids is 1. The quantitative estimate of drug-likeness (QED) is 0.711. The van der Waals surface area contributed by atoms with Crippen LogP contribution in [0.15, 0.2) is 48.5 Å². The average molecular weight is 361 g/mol. The third-order valence-electron chi connectivity index (χ3n) is 4.01. The molecule has 25 heavy (non-hydrogen) atoms. The van der Waals surface area contributed by atoms with Gasteiger partial charge in [-0.25, -0.2) is 0 Å². The minimum atomic E-state index is 0.0294. The molecule has 2 rings (SSSR count). The van der Waals surface area contributed by atoms with Gasteiger partial charge in [0.25, 0.3) is 0 Å². The highest BCUT2D eigenvalue weighted by Crippen LogP contribution is 2.18. The lowest BCUT2D eigenvalue weighted by Gasteiger charge is -2.17. The van der Waals surface area contributed by atoms with Gasteiger partial charge in [0, 0.05) is 23.7 Å². The van der Waals surface area contributed by atoms with Gasteiger partial charge in [0.05, 0.1) is 0 Å². The van der Waals surface area contributed by atoms with E-state index in [4.69, 9.17) is 16.3 Å². The monoisotopic (exact) mass is 360 g/mol. The van der Waals surface area contributed by atoms with Crippen molar-refractivity contribution in [1.82, 2.24) is 4.90 Å². The largest absolute Gasteiger partial charge is 0.489 e. The highest BCUT2D eigenvalue weighted by atomic mass is 35.5. The molecule has 0 unspecified atom stereocenters. The molecule has 134 valence electrons. The van der Waals surface area contributed by atoms with Gasteiger partial charge in [-0.3, -0.25) is 4.79 Å². The molecule has 4 nitrogen and oxygen atoms in total. The van der Waals surface area contributed by atoms with E-state index in [2.05, 4.69) is 24.1 Å². The zero-order valence-corrected chi connectivity index (χ0v) is 15.6. The van der Waals surface area contributed by atoms with Crippen LogP contribution in [0.2, 0.25) is 5.02 Å². The fourth-order valence-corrected chi connectivity index (χ4v) is 2.53. The molecule has 0 fully saturated rings. The fourth-order valence-electron chi connectivity index (χ4n) is 2.40. The number of amides is 1. The Balaban J connectivity index is 1.79. The summed E-state index contributed by atoms with van der Waals surface area (Å²) in [5, 5.41) is 3.63. The average Bonchev–Trinajstić information content (AvgIpc) is 2.63. The van der Waals surface area contributed by atoms with Crippen molar-refractivity contribution >= 4 is 23.2 Å². The zero-order chi connectivity index (χ0) is 18.1. The van der Waals surface area contributed by atoms with E-state index >= 15 is 0 Å². The van der Waals surface area contributed by atoms with Crippen LogP contribution in [0.5, 0.6) is 5.75 Å². The van der Waals surface area contributed by atoms with Gasteiger partial charge in [0.2, 0.25) is 5.91 Å². The molecule has 0 saturated heterocycles. The third kappa shape index (κ3) is 6.77. The van der Waals surface area contributed by atoms with Crippen LogP contribution in [0, 0.1) is 0 Å². The van der Waals surface area contributed by atoms with Crippen LogP contribution >= 0.6 is 11.6 Å². The number of ether oxygens (including phenoxy) is 1. The second kappa shape index (κ2) is 10.1. The summed E-state index contributed by atoms with van der Waals surface area (Å²) in [7, 11) is 0. The van der Waals surface area contributed by atoms with E-state index < -0.39 is 0 Å². The van der Waals surface area contributed by atoms with Gasteiger partial charge >= 0.3 is 0 Å². The molecular formula is C20H25ClN2O2. The summed E-state index contributed by atoms with van der Waals surface area (Å²) >= 11 is 5.87. The molecule has 0 aliphatic heterocycles. The molecule has 1 amide bonds. The summed E-state index contributed by atoms with van der Waals surface area (Å²) in [6.07, 6.45) is 0.497. The highest BCUT2D eigenvalue weighted by molar-refractivity contribution is 6.30. The standard InChI is InChI=1S/C20H25ClN2O2/c1-3-23(4-2)14-13-20(24)22-18-9-11-19(12-10-18)25-15-16-5-7-17(21)8-6-16/h5-12H,3-4,13-15H2,1-2H3,(H,22,24). The summed E-state index contributed by atoms with van der Waals surface area (Å²) in [6.45, 7) is 7.38. The van der Waals surface area contributed by atoms with Crippen molar-refractivity contribution in [3.63, 3.8) is 0 Å². The summed E-state index contributed by atoms with van der Waals surface area (Å²) in [5.74, 6) is 0.790. The van der Waals surface area contributed by atoms with Crippen LogP contribution in [-0.4, -0.2) is 30.4 Å². The summed E-state index contributed by atoms with van der Waals surface area (Å²) in [4.78, 5) is 14.2. The van der Waals surface area contributed by atoms with E-state index in [0.29, 0.717) is 18.1 Å². The Labute approximate surface area is 154 Å². The number of nitrogens with one attached hydrogen (secondary N) is 1. The Kier molecular flexibility index (Phi) is 7.76. The SMILES string of the molecule is CCN(CC)CCC(=O)Nc1ccc(OCc2ccc(Cl)cc2)cc1. The lowest BCUT2D eigenvalue weighted by atomic mass is 10.2. The van der Waals surface area contributed by atoms with Crippen molar-refractivity contribution in [3.8, 4) is 5.75 Å². The molecule has 5 heteroatoms. The van der Waals surface area contributed by atoms with Gasteiger partial charge in [0.1, 0.15) is 12.4 Å². The molecule has 0 aliphatic rings. The Bertz CT molecular complexity index is 652. The van der Waals surface area contributed by atoms with E-state index in [-0.39, 0.29) is 5.91 Å². The third-order valence-corrected chi connectivity index (χ3v) is 4.26. The summed E-state index contributed by atoms with van der Waals surface area (Å²) in [6, 6.07) is 15.0. The number of rotatable bonds is 9. The normalized spacial score (nSPS) is 10.7. The van der Waals surface area contributed by atoms with Gasteiger partial charge in [-0.05, 0) is 55.1 Å². The van der Waals surface area contributed by atoms with Gasteiger partial charge in [-0.15, -0.1) is 0 Å². The molecule has 0 heterocycles. The number of nitrogens with zero attached hydrogens (tertiary/aromatic N) is 1. The van der Waals surface area contributed by atoms with Crippen molar-refractivity contribution in [2.45, 2.75) is 26.9 Å². The molecule has 2 aromatic rings. The molecule has 0 aliphatic carbocycles. The Morgan fingerprint density at radius 3 is 2.28 bits per heavy atom. The van der Waals surface area contributed by atoms with E-state index in [1.54, 1.807) is 0 Å². The highest BCUT2D eigenvalue weighted by Gasteiger charge is 2.06. The van der Waals surface area contributed by atoms with Gasteiger partial charge in [0.15, 0.2) is 0 Å². The topological polar surface area (TPSA) is 41.6 Å². The number of carbonyl (C=O) groups is 1. The van der Waals surface area contributed by atoms with E-state index in [9.17, 15) is 4.79 Å². The van der Waals surface area contributed by atoms with Crippen molar-refractivity contribution in [1.29, 1.82) is 0 Å². The van der Waals surface area contributed by atoms with Crippen LogP contribution < -0.4 is 10.1 Å². The molecular weight excluding hydrogens is 336 g/mol. The van der Waals surface area contributed by atoms with Gasteiger partial charge in [-0.1, -0.05) is 37.6 Å². The fraction of sp³-hybridized carbons (Fsp3) is 0.350. The summed E-state index contributed by atoms with van der Waals surface area (Å²) < 4.78 is 5.74. The molecule has 0 saturated carbocycles. The Morgan fingerprint density at radius 1 is 1.04 bits per heavy atom. The predicted octanol–water partition coefficient (Wildman–Crippen LogP) is 4.59. The predicted molar refractivity (Wildman–Crippen MR) is 103 cm³/mol. The minimum absolute atomic E-state index is 0.0294. The molecule has 0 aromatic heterocycles.